The summed E-state index contributed by atoms with van der Waals surface area (Å²) in [5, 5.41) is 13.0. The molecule has 17 heavy (non-hydrogen) atoms. The zero-order valence-electron chi connectivity index (χ0n) is 10.2. The Bertz CT molecular complexity index is 424. The topological polar surface area (TPSA) is 41.5 Å². The lowest BCUT2D eigenvalue weighted by atomic mass is 9.48. The third-order valence-electron chi connectivity index (χ3n) is 4.40. The van der Waals surface area contributed by atoms with Gasteiger partial charge in [0, 0.05) is 36.1 Å². The maximum atomic E-state index is 9.50. The van der Waals surface area contributed by atoms with Crippen molar-refractivity contribution >= 4 is 0 Å². The van der Waals surface area contributed by atoms with Crippen LogP contribution in [0.2, 0.25) is 0 Å². The van der Waals surface area contributed by atoms with Gasteiger partial charge in [-0.15, -0.1) is 0 Å². The zero-order chi connectivity index (χ0) is 11.9. The molecule has 92 valence electrons. The molecule has 3 heteroatoms. The number of piperidine rings is 2. The van der Waals surface area contributed by atoms with E-state index in [1.807, 2.05) is 12.1 Å². The summed E-state index contributed by atoms with van der Waals surface area (Å²) in [6.45, 7) is 2.23. The Morgan fingerprint density at radius 1 is 1.29 bits per heavy atom. The minimum Gasteiger partial charge on any atom is -0.496 e. The van der Waals surface area contributed by atoms with Gasteiger partial charge in [-0.3, -0.25) is 0 Å². The second-order valence-corrected chi connectivity index (χ2v) is 5.60. The molecule has 2 N–H and O–H groups in total. The van der Waals surface area contributed by atoms with Crippen LogP contribution in [0.1, 0.15) is 18.4 Å². The minimum atomic E-state index is 0.110. The van der Waals surface area contributed by atoms with E-state index < -0.39 is 0 Å². The number of benzene rings is 1. The fourth-order valence-electron chi connectivity index (χ4n) is 3.74. The van der Waals surface area contributed by atoms with Gasteiger partial charge in [-0.25, -0.2) is 0 Å². The summed E-state index contributed by atoms with van der Waals surface area (Å²) in [7, 11) is 1.73. The van der Waals surface area contributed by atoms with E-state index in [1.165, 1.54) is 5.56 Å². The van der Waals surface area contributed by atoms with Gasteiger partial charge < -0.3 is 15.2 Å². The first-order chi connectivity index (χ1) is 8.24. The van der Waals surface area contributed by atoms with Gasteiger partial charge in [0.25, 0.3) is 0 Å². The molecule has 2 heterocycles. The number of fused-ring (bicyclic) bond motifs is 2. The van der Waals surface area contributed by atoms with Crippen LogP contribution >= 0.6 is 0 Å². The van der Waals surface area contributed by atoms with Gasteiger partial charge in [0.2, 0.25) is 0 Å². The van der Waals surface area contributed by atoms with E-state index in [9.17, 15) is 5.11 Å². The number of nitrogens with one attached hydrogen (secondary N) is 1. The number of hydrogen-bond acceptors (Lipinski definition) is 3. The summed E-state index contributed by atoms with van der Waals surface area (Å²) in [4.78, 5) is 0. The molecule has 2 bridgehead atoms. The van der Waals surface area contributed by atoms with Crippen LogP contribution in [0.5, 0.6) is 5.75 Å². The van der Waals surface area contributed by atoms with Crippen LogP contribution < -0.4 is 10.1 Å². The molecular weight excluding hydrogens is 214 g/mol. The van der Waals surface area contributed by atoms with Crippen LogP contribution in [0.25, 0.3) is 0 Å². The lowest BCUT2D eigenvalue weighted by Crippen LogP contribution is -2.65. The van der Waals surface area contributed by atoms with Crippen LogP contribution in [0, 0.1) is 5.41 Å². The Hall–Kier alpha value is -1.06. The number of methoxy groups -OCH3 is 1. The van der Waals surface area contributed by atoms with Crippen molar-refractivity contribution in [3.05, 3.63) is 29.8 Å². The number of hydrogen-bond donors (Lipinski definition) is 2. The van der Waals surface area contributed by atoms with Gasteiger partial charge in [0.1, 0.15) is 5.75 Å². The molecule has 2 saturated heterocycles. The molecule has 0 amide bonds. The molecular formula is C14H19NO2. The Morgan fingerprint density at radius 2 is 2.06 bits per heavy atom. The van der Waals surface area contributed by atoms with Crippen molar-refractivity contribution in [3.63, 3.8) is 0 Å². The van der Waals surface area contributed by atoms with E-state index in [0.29, 0.717) is 0 Å². The molecule has 4 rings (SSSR count). The van der Waals surface area contributed by atoms with E-state index >= 15 is 0 Å². The average Bonchev–Trinajstić information content (AvgIpc) is 2.38. The van der Waals surface area contributed by atoms with Crippen LogP contribution in [0.3, 0.4) is 0 Å². The first-order valence-electron chi connectivity index (χ1n) is 6.19. The molecule has 0 aromatic heterocycles. The third-order valence-corrected chi connectivity index (χ3v) is 4.40. The molecule has 3 fully saturated rings. The summed E-state index contributed by atoms with van der Waals surface area (Å²) in [5.41, 5.74) is 1.57. The van der Waals surface area contributed by atoms with Crippen LogP contribution in [0.4, 0.5) is 0 Å². The molecule has 0 atom stereocenters. The van der Waals surface area contributed by atoms with Crippen LogP contribution in [-0.2, 0) is 5.41 Å². The van der Waals surface area contributed by atoms with Crippen LogP contribution in [0.15, 0.2) is 24.3 Å². The van der Waals surface area contributed by atoms with E-state index in [4.69, 9.17) is 4.74 Å². The quantitative estimate of drug-likeness (QED) is 0.827. The van der Waals surface area contributed by atoms with Crippen molar-refractivity contribution in [2.24, 2.45) is 5.41 Å². The van der Waals surface area contributed by atoms with Gasteiger partial charge in [-0.2, -0.15) is 0 Å². The van der Waals surface area contributed by atoms with E-state index in [0.717, 1.165) is 31.7 Å². The first-order valence-corrected chi connectivity index (χ1v) is 6.19. The van der Waals surface area contributed by atoms with Crippen molar-refractivity contribution in [1.29, 1.82) is 0 Å². The highest BCUT2D eigenvalue weighted by Crippen LogP contribution is 2.58. The largest absolute Gasteiger partial charge is 0.496 e. The Balaban J connectivity index is 1.95. The summed E-state index contributed by atoms with van der Waals surface area (Å²) >= 11 is 0. The zero-order valence-corrected chi connectivity index (χ0v) is 10.2. The molecule has 0 unspecified atom stereocenters. The third kappa shape index (κ3) is 1.49. The summed E-state index contributed by atoms with van der Waals surface area (Å²) in [6.07, 6.45) is 2.15. The fourth-order valence-corrected chi connectivity index (χ4v) is 3.74. The lowest BCUT2D eigenvalue weighted by molar-refractivity contribution is -0.0589. The van der Waals surface area contributed by atoms with Gasteiger partial charge >= 0.3 is 0 Å². The van der Waals surface area contributed by atoms with Crippen molar-refractivity contribution < 1.29 is 9.84 Å². The molecule has 1 aromatic rings. The number of ether oxygens (including phenoxy) is 1. The standard InChI is InChI=1S/C14H19NO2/c1-17-12-5-3-2-4-11(12)14-6-13(7-14,10-16)8-15-9-14/h2-5,15-16H,6-10H2,1H3. The monoisotopic (exact) mass is 233 g/mol. The maximum Gasteiger partial charge on any atom is 0.122 e. The molecule has 0 spiro atoms. The number of aliphatic hydroxyl groups excluding tert-OH is 1. The molecule has 0 radical (unpaired) electrons. The Morgan fingerprint density at radius 3 is 2.76 bits per heavy atom. The highest BCUT2D eigenvalue weighted by Gasteiger charge is 2.58. The minimum absolute atomic E-state index is 0.110. The fraction of sp³-hybridized carbons (Fsp3) is 0.571. The SMILES string of the molecule is COc1ccccc1C12CNCC(CO)(C1)C2. The van der Waals surface area contributed by atoms with Crippen molar-refractivity contribution in [2.75, 3.05) is 26.8 Å². The number of para-hydroxylation sites is 1. The second kappa shape index (κ2) is 3.72. The van der Waals surface area contributed by atoms with E-state index in [2.05, 4.69) is 17.4 Å². The first kappa shape index (κ1) is 11.1. The average molecular weight is 233 g/mol. The van der Waals surface area contributed by atoms with Gasteiger partial charge in [0.15, 0.2) is 0 Å². The molecule has 1 aromatic carbocycles. The lowest BCUT2D eigenvalue weighted by Gasteiger charge is -2.60. The second-order valence-electron chi connectivity index (χ2n) is 5.60. The van der Waals surface area contributed by atoms with E-state index in [1.54, 1.807) is 7.11 Å². The smallest absolute Gasteiger partial charge is 0.122 e. The van der Waals surface area contributed by atoms with Crippen molar-refractivity contribution in [1.82, 2.24) is 5.32 Å². The Labute approximate surface area is 102 Å². The highest BCUT2D eigenvalue weighted by molar-refractivity contribution is 5.43. The summed E-state index contributed by atoms with van der Waals surface area (Å²) in [6, 6.07) is 8.26. The molecule has 3 aliphatic rings. The molecule has 1 saturated carbocycles. The predicted molar refractivity (Wildman–Crippen MR) is 66.3 cm³/mol. The number of rotatable bonds is 3. The van der Waals surface area contributed by atoms with Crippen LogP contribution in [-0.4, -0.2) is 31.9 Å². The van der Waals surface area contributed by atoms with Gasteiger partial charge in [-0.05, 0) is 18.9 Å². The summed E-state index contributed by atoms with van der Waals surface area (Å²) in [5.74, 6) is 0.975. The van der Waals surface area contributed by atoms with Gasteiger partial charge in [0.05, 0.1) is 7.11 Å². The highest BCUT2D eigenvalue weighted by atomic mass is 16.5. The number of aliphatic hydroxyl groups is 1. The summed E-state index contributed by atoms with van der Waals surface area (Å²) < 4.78 is 5.46. The maximum absolute atomic E-state index is 9.50. The normalized spacial score (nSPS) is 35.2. The predicted octanol–water partition coefficient (Wildman–Crippen LogP) is 1.31. The Kier molecular flexibility index (Phi) is 2.42. The van der Waals surface area contributed by atoms with Crippen molar-refractivity contribution in [3.8, 4) is 5.75 Å². The van der Waals surface area contributed by atoms with Gasteiger partial charge in [-0.1, -0.05) is 18.2 Å². The molecule has 1 aliphatic carbocycles. The molecule has 2 aliphatic heterocycles. The molecule has 3 nitrogen and oxygen atoms in total. The van der Waals surface area contributed by atoms with E-state index in [-0.39, 0.29) is 17.4 Å². The van der Waals surface area contributed by atoms with Crippen molar-refractivity contribution in [2.45, 2.75) is 18.3 Å².